The third kappa shape index (κ3) is 3.60. The van der Waals surface area contributed by atoms with E-state index in [1.54, 1.807) is 23.1 Å². The van der Waals surface area contributed by atoms with Crippen LogP contribution in [0.15, 0.2) is 54.6 Å². The van der Waals surface area contributed by atoms with Gasteiger partial charge in [0.1, 0.15) is 0 Å². The third-order valence-corrected chi connectivity index (χ3v) is 4.51. The summed E-state index contributed by atoms with van der Waals surface area (Å²) in [5.41, 5.74) is 1.78. The highest BCUT2D eigenvalue weighted by molar-refractivity contribution is 6.30. The number of rotatable bonds is 4. The number of carbonyl (C=O) groups excluding carboxylic acids is 2. The van der Waals surface area contributed by atoms with E-state index in [-0.39, 0.29) is 30.2 Å². The van der Waals surface area contributed by atoms with Crippen LogP contribution in [0.4, 0.5) is 5.69 Å². The van der Waals surface area contributed by atoms with Crippen LogP contribution in [0.2, 0.25) is 5.02 Å². The van der Waals surface area contributed by atoms with Gasteiger partial charge in [-0.3, -0.25) is 9.59 Å². The molecule has 1 N–H and O–H groups in total. The number of nitrogens with one attached hydrogen (secondary N) is 1. The van der Waals surface area contributed by atoms with Crippen LogP contribution in [0.5, 0.6) is 0 Å². The van der Waals surface area contributed by atoms with E-state index < -0.39 is 0 Å². The standard InChI is InChI=1S/C19H19ClN2O2/c1-13(14-6-3-2-4-7-14)21-19(24)15-10-18(23)22(12-15)17-9-5-8-16(20)11-17/h2-9,11,13,15H,10,12H2,1H3,(H,21,24)/t13-,15+/m0/s1. The van der Waals surface area contributed by atoms with Crippen LogP contribution < -0.4 is 10.2 Å². The van der Waals surface area contributed by atoms with E-state index in [2.05, 4.69) is 5.32 Å². The molecule has 1 aliphatic rings. The van der Waals surface area contributed by atoms with Gasteiger partial charge < -0.3 is 10.2 Å². The second-order valence-electron chi connectivity index (χ2n) is 6.03. The highest BCUT2D eigenvalue weighted by Gasteiger charge is 2.35. The molecule has 0 bridgehead atoms. The predicted octanol–water partition coefficient (Wildman–Crippen LogP) is 3.57. The molecule has 2 amide bonds. The maximum Gasteiger partial charge on any atom is 0.227 e. The van der Waals surface area contributed by atoms with Gasteiger partial charge >= 0.3 is 0 Å². The minimum absolute atomic E-state index is 0.0511. The highest BCUT2D eigenvalue weighted by atomic mass is 35.5. The first-order valence-corrected chi connectivity index (χ1v) is 8.33. The van der Waals surface area contributed by atoms with Crippen molar-refractivity contribution in [1.82, 2.24) is 5.32 Å². The molecule has 24 heavy (non-hydrogen) atoms. The number of carbonyl (C=O) groups is 2. The maximum atomic E-state index is 12.5. The first-order chi connectivity index (χ1) is 11.5. The Bertz CT molecular complexity index is 748. The van der Waals surface area contributed by atoms with Gasteiger partial charge in [-0.25, -0.2) is 0 Å². The van der Waals surface area contributed by atoms with Gasteiger partial charge in [-0.15, -0.1) is 0 Å². The summed E-state index contributed by atoms with van der Waals surface area (Å²) >= 11 is 5.99. The topological polar surface area (TPSA) is 49.4 Å². The normalized spacial score (nSPS) is 18.5. The van der Waals surface area contributed by atoms with Crippen LogP contribution >= 0.6 is 11.6 Å². The summed E-state index contributed by atoms with van der Waals surface area (Å²) < 4.78 is 0. The second-order valence-corrected chi connectivity index (χ2v) is 6.46. The molecule has 4 nitrogen and oxygen atoms in total. The van der Waals surface area contributed by atoms with Gasteiger partial charge in [0.2, 0.25) is 11.8 Å². The molecule has 0 saturated carbocycles. The maximum absolute atomic E-state index is 12.5. The van der Waals surface area contributed by atoms with Crippen molar-refractivity contribution >= 4 is 29.1 Å². The zero-order valence-corrected chi connectivity index (χ0v) is 14.2. The van der Waals surface area contributed by atoms with Gasteiger partial charge in [0.05, 0.1) is 12.0 Å². The van der Waals surface area contributed by atoms with Crippen molar-refractivity contribution < 1.29 is 9.59 Å². The number of nitrogens with zero attached hydrogens (tertiary/aromatic N) is 1. The zero-order valence-electron chi connectivity index (χ0n) is 13.4. The lowest BCUT2D eigenvalue weighted by Gasteiger charge is -2.19. The molecule has 1 aliphatic heterocycles. The number of halogens is 1. The van der Waals surface area contributed by atoms with Crippen LogP contribution in [0, 0.1) is 5.92 Å². The number of amides is 2. The van der Waals surface area contributed by atoms with Crippen molar-refractivity contribution in [3.8, 4) is 0 Å². The minimum Gasteiger partial charge on any atom is -0.349 e. The van der Waals surface area contributed by atoms with Crippen molar-refractivity contribution in [2.24, 2.45) is 5.92 Å². The van der Waals surface area contributed by atoms with Gasteiger partial charge in [0, 0.05) is 23.7 Å². The molecule has 1 heterocycles. The molecule has 0 spiro atoms. The molecular weight excluding hydrogens is 324 g/mol. The first-order valence-electron chi connectivity index (χ1n) is 7.96. The lowest BCUT2D eigenvalue weighted by molar-refractivity contribution is -0.126. The lowest BCUT2D eigenvalue weighted by atomic mass is 10.1. The highest BCUT2D eigenvalue weighted by Crippen LogP contribution is 2.27. The van der Waals surface area contributed by atoms with Crippen LogP contribution in [0.25, 0.3) is 0 Å². The summed E-state index contributed by atoms with van der Waals surface area (Å²) in [5.74, 6) is -0.489. The lowest BCUT2D eigenvalue weighted by Crippen LogP contribution is -2.34. The Kier molecular flexibility index (Phi) is 4.86. The largest absolute Gasteiger partial charge is 0.349 e. The van der Waals surface area contributed by atoms with E-state index in [1.165, 1.54) is 0 Å². The molecule has 0 aliphatic carbocycles. The SMILES string of the molecule is C[C@H](NC(=O)[C@@H]1CC(=O)N(c2cccc(Cl)c2)C1)c1ccccc1. The van der Waals surface area contributed by atoms with E-state index in [0.29, 0.717) is 11.6 Å². The van der Waals surface area contributed by atoms with E-state index in [4.69, 9.17) is 11.6 Å². The quantitative estimate of drug-likeness (QED) is 0.923. The molecule has 2 aromatic carbocycles. The Morgan fingerprint density at radius 2 is 1.96 bits per heavy atom. The molecule has 0 radical (unpaired) electrons. The molecule has 0 aromatic heterocycles. The van der Waals surface area contributed by atoms with Crippen molar-refractivity contribution in [3.63, 3.8) is 0 Å². The van der Waals surface area contributed by atoms with Crippen molar-refractivity contribution in [1.29, 1.82) is 0 Å². The molecule has 2 aromatic rings. The minimum atomic E-state index is -0.345. The van der Waals surface area contributed by atoms with Crippen molar-refractivity contribution in [2.45, 2.75) is 19.4 Å². The van der Waals surface area contributed by atoms with E-state index in [9.17, 15) is 9.59 Å². The van der Waals surface area contributed by atoms with Gasteiger partial charge in [0.15, 0.2) is 0 Å². The van der Waals surface area contributed by atoms with Gasteiger partial charge in [-0.2, -0.15) is 0 Å². The summed E-state index contributed by atoms with van der Waals surface area (Å²) in [6.07, 6.45) is 0.222. The van der Waals surface area contributed by atoms with Gasteiger partial charge in [-0.05, 0) is 30.7 Å². The molecular formula is C19H19ClN2O2. The predicted molar refractivity (Wildman–Crippen MR) is 94.9 cm³/mol. The molecule has 3 rings (SSSR count). The summed E-state index contributed by atoms with van der Waals surface area (Å²) in [5, 5.41) is 3.57. The molecule has 1 fully saturated rings. The van der Waals surface area contributed by atoms with Crippen LogP contribution in [-0.2, 0) is 9.59 Å². The molecule has 124 valence electrons. The first kappa shape index (κ1) is 16.5. The summed E-state index contributed by atoms with van der Waals surface area (Å²) in [6.45, 7) is 2.32. The molecule has 2 atom stereocenters. The number of hydrogen-bond acceptors (Lipinski definition) is 2. The second kappa shape index (κ2) is 7.05. The summed E-state index contributed by atoms with van der Waals surface area (Å²) in [7, 11) is 0. The van der Waals surface area contributed by atoms with Crippen LogP contribution in [0.3, 0.4) is 0 Å². The fraction of sp³-hybridized carbons (Fsp3) is 0.263. The molecule has 0 unspecified atom stereocenters. The van der Waals surface area contributed by atoms with Crippen LogP contribution in [-0.4, -0.2) is 18.4 Å². The average Bonchev–Trinajstić information content (AvgIpc) is 2.97. The molecule has 5 heteroatoms. The smallest absolute Gasteiger partial charge is 0.227 e. The Morgan fingerprint density at radius 3 is 2.67 bits per heavy atom. The van der Waals surface area contributed by atoms with Crippen LogP contribution in [0.1, 0.15) is 24.9 Å². The van der Waals surface area contributed by atoms with Crippen molar-refractivity contribution in [3.05, 3.63) is 65.2 Å². The Morgan fingerprint density at radius 1 is 1.21 bits per heavy atom. The Balaban J connectivity index is 1.66. The van der Waals surface area contributed by atoms with Crippen molar-refractivity contribution in [2.75, 3.05) is 11.4 Å². The summed E-state index contributed by atoms with van der Waals surface area (Å²) in [4.78, 5) is 26.4. The van der Waals surface area contributed by atoms with Gasteiger partial charge in [-0.1, -0.05) is 48.0 Å². The number of anilines is 1. The summed E-state index contributed by atoms with van der Waals surface area (Å²) in [6, 6.07) is 16.8. The zero-order chi connectivity index (χ0) is 17.1. The Labute approximate surface area is 146 Å². The number of hydrogen-bond donors (Lipinski definition) is 1. The average molecular weight is 343 g/mol. The van der Waals surface area contributed by atoms with E-state index >= 15 is 0 Å². The number of benzene rings is 2. The van der Waals surface area contributed by atoms with E-state index in [1.807, 2.05) is 43.3 Å². The fourth-order valence-corrected chi connectivity index (χ4v) is 3.12. The fourth-order valence-electron chi connectivity index (χ4n) is 2.93. The Hall–Kier alpha value is -2.33. The third-order valence-electron chi connectivity index (χ3n) is 4.27. The monoisotopic (exact) mass is 342 g/mol. The van der Waals surface area contributed by atoms with E-state index in [0.717, 1.165) is 11.3 Å². The van der Waals surface area contributed by atoms with Gasteiger partial charge in [0.25, 0.3) is 0 Å². The molecule has 1 saturated heterocycles.